The molecule has 5 nitrogen and oxygen atoms in total. The normalized spacial score (nSPS) is 21.2. The molecular weight excluding hydrogens is 242 g/mol. The van der Waals surface area contributed by atoms with Crippen LogP contribution in [-0.2, 0) is 0 Å². The van der Waals surface area contributed by atoms with Gasteiger partial charge in [-0.05, 0) is 45.1 Å². The van der Waals surface area contributed by atoms with Crippen molar-refractivity contribution in [3.63, 3.8) is 0 Å². The molecule has 1 heterocycles. The minimum absolute atomic E-state index is 0.170. The van der Waals surface area contributed by atoms with Crippen molar-refractivity contribution in [2.75, 3.05) is 37.3 Å². The van der Waals surface area contributed by atoms with Gasteiger partial charge in [0.25, 0.3) is 0 Å². The fourth-order valence-electron chi connectivity index (χ4n) is 2.68. The molecule has 0 spiro atoms. The molecule has 0 aliphatic carbocycles. The number of carbonyl (C=O) groups is 1. The molecule has 1 aliphatic heterocycles. The summed E-state index contributed by atoms with van der Waals surface area (Å²) in [6, 6.07) is 5.60. The third-order valence-electron chi connectivity index (χ3n) is 3.64. The highest BCUT2D eigenvalue weighted by atomic mass is 16.4. The third kappa shape index (κ3) is 2.98. The SMILES string of the molecule is CC1CN(C)CCCN1c1ccc(C(=O)O)c(N)c1. The highest BCUT2D eigenvalue weighted by molar-refractivity contribution is 5.94. The lowest BCUT2D eigenvalue weighted by Gasteiger charge is -2.30. The van der Waals surface area contributed by atoms with Gasteiger partial charge in [0, 0.05) is 30.5 Å². The minimum Gasteiger partial charge on any atom is -0.478 e. The second-order valence-electron chi connectivity index (χ2n) is 5.23. The summed E-state index contributed by atoms with van der Waals surface area (Å²) in [4.78, 5) is 15.6. The minimum atomic E-state index is -0.979. The van der Waals surface area contributed by atoms with Crippen molar-refractivity contribution < 1.29 is 9.90 Å². The number of hydrogen-bond acceptors (Lipinski definition) is 4. The summed E-state index contributed by atoms with van der Waals surface area (Å²) in [5, 5.41) is 9.00. The van der Waals surface area contributed by atoms with Crippen LogP contribution in [0.1, 0.15) is 23.7 Å². The van der Waals surface area contributed by atoms with E-state index in [0.29, 0.717) is 11.7 Å². The number of aromatic carboxylic acids is 1. The van der Waals surface area contributed by atoms with Crippen LogP contribution in [0.15, 0.2) is 18.2 Å². The lowest BCUT2D eigenvalue weighted by Crippen LogP contribution is -2.38. The van der Waals surface area contributed by atoms with Gasteiger partial charge < -0.3 is 20.6 Å². The maximum Gasteiger partial charge on any atom is 0.337 e. The summed E-state index contributed by atoms with van der Waals surface area (Å²) in [7, 11) is 2.13. The Morgan fingerprint density at radius 2 is 2.16 bits per heavy atom. The Kier molecular flexibility index (Phi) is 3.95. The van der Waals surface area contributed by atoms with Gasteiger partial charge >= 0.3 is 5.97 Å². The van der Waals surface area contributed by atoms with Crippen molar-refractivity contribution in [2.45, 2.75) is 19.4 Å². The van der Waals surface area contributed by atoms with Gasteiger partial charge in [0.2, 0.25) is 0 Å². The van der Waals surface area contributed by atoms with Crippen LogP contribution in [0.5, 0.6) is 0 Å². The third-order valence-corrected chi connectivity index (χ3v) is 3.64. The van der Waals surface area contributed by atoms with E-state index in [1.165, 1.54) is 0 Å². The number of hydrogen-bond donors (Lipinski definition) is 2. The van der Waals surface area contributed by atoms with Gasteiger partial charge in [-0.2, -0.15) is 0 Å². The van der Waals surface area contributed by atoms with Crippen molar-refractivity contribution in [3.8, 4) is 0 Å². The van der Waals surface area contributed by atoms with Crippen molar-refractivity contribution in [1.82, 2.24) is 4.90 Å². The highest BCUT2D eigenvalue weighted by Gasteiger charge is 2.20. The van der Waals surface area contributed by atoms with Crippen LogP contribution in [0.4, 0.5) is 11.4 Å². The summed E-state index contributed by atoms with van der Waals surface area (Å²) >= 11 is 0. The monoisotopic (exact) mass is 263 g/mol. The van der Waals surface area contributed by atoms with E-state index in [2.05, 4.69) is 23.8 Å². The Morgan fingerprint density at radius 3 is 2.79 bits per heavy atom. The van der Waals surface area contributed by atoms with E-state index in [1.807, 2.05) is 6.07 Å². The van der Waals surface area contributed by atoms with E-state index in [4.69, 9.17) is 10.8 Å². The summed E-state index contributed by atoms with van der Waals surface area (Å²) in [6.45, 7) is 5.24. The molecule has 0 aromatic heterocycles. The van der Waals surface area contributed by atoms with E-state index in [1.54, 1.807) is 12.1 Å². The van der Waals surface area contributed by atoms with Crippen LogP contribution in [0.25, 0.3) is 0 Å². The molecule has 1 aromatic carbocycles. The van der Waals surface area contributed by atoms with Gasteiger partial charge in [0.1, 0.15) is 0 Å². The number of anilines is 2. The molecule has 5 heteroatoms. The zero-order valence-electron chi connectivity index (χ0n) is 11.5. The van der Waals surface area contributed by atoms with Crippen molar-refractivity contribution >= 4 is 17.3 Å². The van der Waals surface area contributed by atoms with E-state index in [-0.39, 0.29) is 5.56 Å². The van der Waals surface area contributed by atoms with Gasteiger partial charge in [0.15, 0.2) is 0 Å². The Labute approximate surface area is 113 Å². The molecule has 1 aromatic rings. The largest absolute Gasteiger partial charge is 0.478 e. The summed E-state index contributed by atoms with van der Waals surface area (Å²) in [5.74, 6) is -0.979. The number of nitrogen functional groups attached to an aromatic ring is 1. The zero-order valence-corrected chi connectivity index (χ0v) is 11.5. The highest BCUT2D eigenvalue weighted by Crippen LogP contribution is 2.25. The number of carboxylic acids is 1. The summed E-state index contributed by atoms with van der Waals surface area (Å²) in [6.07, 6.45) is 1.10. The summed E-state index contributed by atoms with van der Waals surface area (Å²) in [5.41, 5.74) is 7.33. The molecule has 1 aliphatic rings. The Hall–Kier alpha value is -1.75. The molecule has 104 valence electrons. The lowest BCUT2D eigenvalue weighted by molar-refractivity contribution is 0.0698. The molecule has 0 bridgehead atoms. The zero-order chi connectivity index (χ0) is 14.0. The summed E-state index contributed by atoms with van der Waals surface area (Å²) < 4.78 is 0. The fraction of sp³-hybridized carbons (Fsp3) is 0.500. The number of likely N-dealkylation sites (N-methyl/N-ethyl adjacent to an activating group) is 1. The van der Waals surface area contributed by atoms with Crippen molar-refractivity contribution in [3.05, 3.63) is 23.8 Å². The molecular formula is C14H21N3O2. The fourth-order valence-corrected chi connectivity index (χ4v) is 2.68. The van der Waals surface area contributed by atoms with Crippen LogP contribution in [0, 0.1) is 0 Å². The standard InChI is InChI=1S/C14H21N3O2/c1-10-9-16(2)6-3-7-17(10)11-4-5-12(14(18)19)13(15)8-11/h4-5,8,10H,3,6-7,9,15H2,1-2H3,(H,18,19). The first kappa shape index (κ1) is 13.7. The van der Waals surface area contributed by atoms with E-state index < -0.39 is 5.97 Å². The van der Waals surface area contributed by atoms with Gasteiger partial charge in [-0.15, -0.1) is 0 Å². The van der Waals surface area contributed by atoms with Crippen LogP contribution in [0.2, 0.25) is 0 Å². The van der Waals surface area contributed by atoms with Gasteiger partial charge in [-0.25, -0.2) is 4.79 Å². The molecule has 0 amide bonds. The van der Waals surface area contributed by atoms with Crippen LogP contribution in [0.3, 0.4) is 0 Å². The van der Waals surface area contributed by atoms with E-state index >= 15 is 0 Å². The molecule has 1 fully saturated rings. The quantitative estimate of drug-likeness (QED) is 0.791. The van der Waals surface area contributed by atoms with Gasteiger partial charge in [-0.1, -0.05) is 0 Å². The van der Waals surface area contributed by atoms with Crippen LogP contribution < -0.4 is 10.6 Å². The number of nitrogens with two attached hydrogens (primary N) is 1. The predicted octanol–water partition coefficient (Wildman–Crippen LogP) is 1.50. The first-order valence-electron chi connectivity index (χ1n) is 6.57. The van der Waals surface area contributed by atoms with Gasteiger partial charge in [-0.3, -0.25) is 0 Å². The number of rotatable bonds is 2. The first-order valence-corrected chi connectivity index (χ1v) is 6.57. The van der Waals surface area contributed by atoms with Crippen LogP contribution >= 0.6 is 0 Å². The molecule has 1 saturated heterocycles. The number of nitrogens with zero attached hydrogens (tertiary/aromatic N) is 2. The molecule has 0 saturated carbocycles. The lowest BCUT2D eigenvalue weighted by atomic mass is 10.1. The maximum absolute atomic E-state index is 11.0. The molecule has 0 radical (unpaired) electrons. The van der Waals surface area contributed by atoms with Crippen LogP contribution in [-0.4, -0.2) is 48.7 Å². The molecule has 19 heavy (non-hydrogen) atoms. The Bertz CT molecular complexity index is 476. The van der Waals surface area contributed by atoms with E-state index in [9.17, 15) is 4.79 Å². The Balaban J connectivity index is 2.25. The number of benzene rings is 1. The van der Waals surface area contributed by atoms with Crippen molar-refractivity contribution in [1.29, 1.82) is 0 Å². The topological polar surface area (TPSA) is 69.8 Å². The molecule has 3 N–H and O–H groups in total. The van der Waals surface area contributed by atoms with Gasteiger partial charge in [0.05, 0.1) is 5.56 Å². The second-order valence-corrected chi connectivity index (χ2v) is 5.23. The molecule has 2 rings (SSSR count). The molecule has 1 unspecified atom stereocenters. The van der Waals surface area contributed by atoms with Crippen molar-refractivity contribution in [2.24, 2.45) is 0 Å². The smallest absolute Gasteiger partial charge is 0.337 e. The average Bonchev–Trinajstić information content (AvgIpc) is 2.49. The Morgan fingerprint density at radius 1 is 1.42 bits per heavy atom. The molecule has 1 atom stereocenters. The predicted molar refractivity (Wildman–Crippen MR) is 76.7 cm³/mol. The van der Waals surface area contributed by atoms with E-state index in [0.717, 1.165) is 31.7 Å². The second kappa shape index (κ2) is 5.48. The number of carboxylic acid groups (broad SMARTS) is 1. The maximum atomic E-state index is 11.0. The average molecular weight is 263 g/mol. The first-order chi connectivity index (χ1) is 8.99.